The molecular formula is C30H37ClN4O5. The number of aromatic nitrogens is 2. The predicted molar refractivity (Wildman–Crippen MR) is 154 cm³/mol. The number of hydrogen-bond acceptors (Lipinski definition) is 6. The molecule has 0 radical (unpaired) electrons. The van der Waals surface area contributed by atoms with Gasteiger partial charge < -0.3 is 24.4 Å². The predicted octanol–water partition coefficient (Wildman–Crippen LogP) is 5.63. The maximum Gasteiger partial charge on any atom is 0.410 e. The molecule has 1 aliphatic rings. The maximum absolute atomic E-state index is 13.5. The Bertz CT molecular complexity index is 1340. The molecule has 2 aromatic carbocycles. The number of likely N-dealkylation sites (tertiary alicyclic amines) is 1. The highest BCUT2D eigenvalue weighted by Gasteiger charge is 2.32. The van der Waals surface area contributed by atoms with Gasteiger partial charge in [-0.15, -0.1) is 0 Å². The number of carbonyl (C=O) groups is 2. The van der Waals surface area contributed by atoms with Gasteiger partial charge in [0.2, 0.25) is 0 Å². The number of methoxy groups -OCH3 is 2. The number of nitrogens with zero attached hydrogens (tertiary/aromatic N) is 3. The SMILES string of the molecule is COc1ccc(CCNC(=O)c2cnn(-c3ccccc3Cl)c2C2CCN(C(=O)OC(C)(C)C)CC2)c(OC)c1. The van der Waals surface area contributed by atoms with Gasteiger partial charge >= 0.3 is 6.09 Å². The Morgan fingerprint density at radius 2 is 1.80 bits per heavy atom. The minimum Gasteiger partial charge on any atom is -0.497 e. The minimum absolute atomic E-state index is 0.000100. The highest BCUT2D eigenvalue weighted by molar-refractivity contribution is 6.32. The van der Waals surface area contributed by atoms with Crippen molar-refractivity contribution >= 4 is 23.6 Å². The summed E-state index contributed by atoms with van der Waals surface area (Å²) in [5, 5.41) is 8.17. The Morgan fingerprint density at radius 3 is 2.45 bits per heavy atom. The first kappa shape index (κ1) is 29.3. The van der Waals surface area contributed by atoms with Crippen molar-refractivity contribution in [3.8, 4) is 17.2 Å². The largest absolute Gasteiger partial charge is 0.497 e. The molecule has 214 valence electrons. The summed E-state index contributed by atoms with van der Waals surface area (Å²) in [5.74, 6) is 1.20. The van der Waals surface area contributed by atoms with Crippen molar-refractivity contribution in [2.45, 2.75) is 51.6 Å². The maximum atomic E-state index is 13.5. The van der Waals surface area contributed by atoms with E-state index in [1.807, 2.05) is 57.2 Å². The zero-order valence-electron chi connectivity index (χ0n) is 23.7. The van der Waals surface area contributed by atoms with E-state index >= 15 is 0 Å². The number of benzene rings is 2. The molecule has 0 aliphatic carbocycles. The first-order chi connectivity index (χ1) is 19.1. The van der Waals surface area contributed by atoms with Gasteiger partial charge in [0.05, 0.1) is 42.4 Å². The molecule has 1 fully saturated rings. The minimum atomic E-state index is -0.558. The number of carbonyl (C=O) groups excluding carboxylic acids is 2. The van der Waals surface area contributed by atoms with E-state index in [1.165, 1.54) is 0 Å². The first-order valence-electron chi connectivity index (χ1n) is 13.4. The summed E-state index contributed by atoms with van der Waals surface area (Å²) < 4.78 is 18.1. The van der Waals surface area contributed by atoms with Crippen molar-refractivity contribution in [3.05, 3.63) is 70.5 Å². The van der Waals surface area contributed by atoms with Crippen LogP contribution < -0.4 is 14.8 Å². The van der Waals surface area contributed by atoms with Crippen molar-refractivity contribution in [2.75, 3.05) is 33.9 Å². The Hall–Kier alpha value is -3.72. The van der Waals surface area contributed by atoms with E-state index < -0.39 is 5.60 Å². The number of piperidine rings is 1. The fraction of sp³-hybridized carbons (Fsp3) is 0.433. The number of amides is 2. The molecule has 2 heterocycles. The van der Waals surface area contributed by atoms with Gasteiger partial charge in [-0.1, -0.05) is 29.8 Å². The second kappa shape index (κ2) is 12.6. The van der Waals surface area contributed by atoms with Gasteiger partial charge in [-0.2, -0.15) is 5.10 Å². The van der Waals surface area contributed by atoms with E-state index in [1.54, 1.807) is 36.1 Å². The van der Waals surface area contributed by atoms with Crippen LogP contribution in [0.3, 0.4) is 0 Å². The molecule has 0 saturated carbocycles. The van der Waals surface area contributed by atoms with Crippen LogP contribution in [-0.4, -0.2) is 66.1 Å². The fourth-order valence-corrected chi connectivity index (χ4v) is 5.08. The topological polar surface area (TPSA) is 94.9 Å². The van der Waals surface area contributed by atoms with Gasteiger partial charge in [0.15, 0.2) is 0 Å². The molecule has 0 unspecified atom stereocenters. The monoisotopic (exact) mass is 568 g/mol. The van der Waals surface area contributed by atoms with Crippen molar-refractivity contribution in [1.82, 2.24) is 20.0 Å². The summed E-state index contributed by atoms with van der Waals surface area (Å²) >= 11 is 6.53. The number of ether oxygens (including phenoxy) is 3. The Balaban J connectivity index is 1.53. The highest BCUT2D eigenvalue weighted by Crippen LogP contribution is 2.34. The van der Waals surface area contributed by atoms with E-state index in [0.717, 1.165) is 11.3 Å². The summed E-state index contributed by atoms with van der Waals surface area (Å²) in [6.07, 6.45) is 3.19. The van der Waals surface area contributed by atoms with Crippen LogP contribution in [0.15, 0.2) is 48.7 Å². The molecular weight excluding hydrogens is 532 g/mol. The molecule has 1 aromatic heterocycles. The summed E-state index contributed by atoms with van der Waals surface area (Å²) in [6.45, 7) is 7.02. The molecule has 0 bridgehead atoms. The van der Waals surface area contributed by atoms with Crippen LogP contribution in [0.4, 0.5) is 4.79 Å². The van der Waals surface area contributed by atoms with E-state index in [0.29, 0.717) is 66.7 Å². The van der Waals surface area contributed by atoms with Crippen LogP contribution in [0, 0.1) is 0 Å². The smallest absolute Gasteiger partial charge is 0.410 e. The summed E-state index contributed by atoms with van der Waals surface area (Å²) in [7, 11) is 3.22. The average molecular weight is 569 g/mol. The first-order valence-corrected chi connectivity index (χ1v) is 13.8. The molecule has 10 heteroatoms. The standard InChI is InChI=1S/C30H37ClN4O5/c1-30(2,3)40-29(37)34-16-13-21(14-17-34)27-23(19-33-35(27)25-9-7-6-8-24(25)31)28(36)32-15-12-20-10-11-22(38-4)18-26(20)39-5/h6-11,18-19,21H,12-17H2,1-5H3,(H,32,36). The Morgan fingerprint density at radius 1 is 1.07 bits per heavy atom. The molecule has 0 spiro atoms. The van der Waals surface area contributed by atoms with Crippen molar-refractivity contribution < 1.29 is 23.8 Å². The lowest BCUT2D eigenvalue weighted by Gasteiger charge is -2.34. The molecule has 1 N–H and O–H groups in total. The van der Waals surface area contributed by atoms with Crippen LogP contribution >= 0.6 is 11.6 Å². The number of para-hydroxylation sites is 1. The fourth-order valence-electron chi connectivity index (χ4n) is 4.87. The van der Waals surface area contributed by atoms with E-state index in [2.05, 4.69) is 10.4 Å². The molecule has 1 saturated heterocycles. The lowest BCUT2D eigenvalue weighted by Crippen LogP contribution is -2.41. The van der Waals surface area contributed by atoms with Gasteiger partial charge in [0, 0.05) is 31.6 Å². The van der Waals surface area contributed by atoms with Crippen LogP contribution in [0.2, 0.25) is 5.02 Å². The zero-order chi connectivity index (χ0) is 28.9. The van der Waals surface area contributed by atoms with Gasteiger partial charge in [-0.05, 0) is 63.8 Å². The highest BCUT2D eigenvalue weighted by atomic mass is 35.5. The third-order valence-electron chi connectivity index (χ3n) is 6.84. The number of nitrogens with one attached hydrogen (secondary N) is 1. The summed E-state index contributed by atoms with van der Waals surface area (Å²) in [5.41, 5.74) is 2.40. The lowest BCUT2D eigenvalue weighted by atomic mass is 9.90. The van der Waals surface area contributed by atoms with Crippen molar-refractivity contribution in [3.63, 3.8) is 0 Å². The van der Waals surface area contributed by atoms with Crippen molar-refractivity contribution in [1.29, 1.82) is 0 Å². The van der Waals surface area contributed by atoms with E-state index in [-0.39, 0.29) is 17.9 Å². The van der Waals surface area contributed by atoms with Gasteiger partial charge in [0.25, 0.3) is 5.91 Å². The summed E-state index contributed by atoms with van der Waals surface area (Å²) in [6, 6.07) is 13.1. The molecule has 2 amide bonds. The normalized spacial score (nSPS) is 14.1. The second-order valence-electron chi connectivity index (χ2n) is 10.7. The van der Waals surface area contributed by atoms with Crippen LogP contribution in [0.1, 0.15) is 61.1 Å². The Labute approximate surface area is 240 Å². The number of rotatable bonds is 8. The van der Waals surface area contributed by atoms with Gasteiger partial charge in [-0.3, -0.25) is 4.79 Å². The van der Waals surface area contributed by atoms with Crippen LogP contribution in [0.5, 0.6) is 11.5 Å². The molecule has 4 rings (SSSR count). The third kappa shape index (κ3) is 6.88. The Kier molecular flexibility index (Phi) is 9.25. The number of hydrogen-bond donors (Lipinski definition) is 1. The van der Waals surface area contributed by atoms with Crippen molar-refractivity contribution in [2.24, 2.45) is 0 Å². The second-order valence-corrected chi connectivity index (χ2v) is 11.1. The zero-order valence-corrected chi connectivity index (χ0v) is 24.5. The van der Waals surface area contributed by atoms with E-state index in [4.69, 9.17) is 25.8 Å². The van der Waals surface area contributed by atoms with Gasteiger partial charge in [0.1, 0.15) is 17.1 Å². The van der Waals surface area contributed by atoms with Crippen LogP contribution in [-0.2, 0) is 11.2 Å². The lowest BCUT2D eigenvalue weighted by molar-refractivity contribution is 0.0203. The molecule has 3 aromatic rings. The average Bonchev–Trinajstić information content (AvgIpc) is 3.37. The molecule has 1 aliphatic heterocycles. The van der Waals surface area contributed by atoms with E-state index in [9.17, 15) is 9.59 Å². The molecule has 0 atom stereocenters. The van der Waals surface area contributed by atoms with Crippen LogP contribution in [0.25, 0.3) is 5.69 Å². The van der Waals surface area contributed by atoms with Gasteiger partial charge in [-0.25, -0.2) is 9.48 Å². The summed E-state index contributed by atoms with van der Waals surface area (Å²) in [4.78, 5) is 27.8. The number of halogens is 1. The molecule has 9 nitrogen and oxygen atoms in total. The quantitative estimate of drug-likeness (QED) is 0.378. The third-order valence-corrected chi connectivity index (χ3v) is 7.16. The molecule has 40 heavy (non-hydrogen) atoms.